The second-order valence-corrected chi connectivity index (χ2v) is 8.58. The number of piperidine rings is 1. The minimum absolute atomic E-state index is 0.0140. The fraction of sp³-hybridized carbons (Fsp3) is 0.333. The van der Waals surface area contributed by atoms with E-state index in [-0.39, 0.29) is 29.4 Å². The van der Waals surface area contributed by atoms with Crippen LogP contribution >= 0.6 is 11.6 Å². The fourth-order valence-electron chi connectivity index (χ4n) is 3.95. The number of alkyl halides is 3. The number of halogens is 4. The summed E-state index contributed by atoms with van der Waals surface area (Å²) in [6.45, 7) is 2.85. The molecule has 7 nitrogen and oxygen atoms in total. The second kappa shape index (κ2) is 10.1. The van der Waals surface area contributed by atoms with E-state index in [0.29, 0.717) is 42.9 Å². The number of nitrogens with one attached hydrogen (secondary N) is 1. The van der Waals surface area contributed by atoms with E-state index >= 15 is 0 Å². The molecule has 35 heavy (non-hydrogen) atoms. The molecule has 4 rings (SSSR count). The highest BCUT2D eigenvalue weighted by molar-refractivity contribution is 6.33. The van der Waals surface area contributed by atoms with Crippen molar-refractivity contribution in [3.8, 4) is 17.1 Å². The van der Waals surface area contributed by atoms with Crippen molar-refractivity contribution in [3.63, 3.8) is 0 Å². The van der Waals surface area contributed by atoms with Gasteiger partial charge in [-0.1, -0.05) is 30.7 Å². The van der Waals surface area contributed by atoms with Crippen LogP contribution in [0.2, 0.25) is 5.02 Å². The smallest absolute Gasteiger partial charge is 0.353 e. The zero-order chi connectivity index (χ0) is 25.2. The van der Waals surface area contributed by atoms with Crippen LogP contribution < -0.4 is 15.9 Å². The quantitative estimate of drug-likeness (QED) is 0.554. The van der Waals surface area contributed by atoms with E-state index in [1.54, 1.807) is 31.2 Å². The molecule has 0 bridgehead atoms. The third kappa shape index (κ3) is 5.48. The lowest BCUT2D eigenvalue weighted by molar-refractivity contribution is -0.137. The van der Waals surface area contributed by atoms with E-state index < -0.39 is 17.4 Å². The first kappa shape index (κ1) is 24.7. The molecule has 2 heterocycles. The summed E-state index contributed by atoms with van der Waals surface area (Å²) in [6, 6.07) is 11.0. The molecule has 1 aromatic heterocycles. The van der Waals surface area contributed by atoms with E-state index in [0.717, 1.165) is 16.7 Å². The van der Waals surface area contributed by atoms with Crippen molar-refractivity contribution in [3.05, 3.63) is 69.6 Å². The van der Waals surface area contributed by atoms with Crippen molar-refractivity contribution < 1.29 is 18.0 Å². The Morgan fingerprint density at radius 1 is 1.09 bits per heavy atom. The first-order chi connectivity index (χ1) is 16.7. The Labute approximate surface area is 204 Å². The standard InChI is InChI=1S/C24H23ClF3N5O2/c1-2-20(34)29-16-11-13-32(14-12-16)22-30-21(18-5-3-4-6-19(18)25)33(23(35)31-22)17-9-7-15(8-10-17)24(26,27)28/h3-10,16H,2,11-14H2,1H3,(H,29,34). The molecule has 2 aromatic carbocycles. The van der Waals surface area contributed by atoms with Crippen LogP contribution in [0.25, 0.3) is 17.1 Å². The van der Waals surface area contributed by atoms with Gasteiger partial charge in [0.05, 0.1) is 16.3 Å². The maximum absolute atomic E-state index is 13.2. The van der Waals surface area contributed by atoms with Crippen LogP contribution in [0.3, 0.4) is 0 Å². The Morgan fingerprint density at radius 3 is 2.34 bits per heavy atom. The van der Waals surface area contributed by atoms with Gasteiger partial charge in [0.2, 0.25) is 11.9 Å². The van der Waals surface area contributed by atoms with Gasteiger partial charge in [0.15, 0.2) is 5.82 Å². The van der Waals surface area contributed by atoms with Gasteiger partial charge in [0, 0.05) is 31.1 Å². The number of benzene rings is 2. The first-order valence-corrected chi connectivity index (χ1v) is 11.5. The molecule has 0 unspecified atom stereocenters. The van der Waals surface area contributed by atoms with E-state index in [9.17, 15) is 22.8 Å². The molecule has 0 atom stereocenters. The van der Waals surface area contributed by atoms with Crippen LogP contribution in [0.15, 0.2) is 53.3 Å². The van der Waals surface area contributed by atoms with Crippen LogP contribution in [0.4, 0.5) is 19.1 Å². The summed E-state index contributed by atoms with van der Waals surface area (Å²) in [4.78, 5) is 35.5. The van der Waals surface area contributed by atoms with E-state index in [1.807, 2.05) is 4.90 Å². The van der Waals surface area contributed by atoms with Crippen LogP contribution in [0, 0.1) is 0 Å². The van der Waals surface area contributed by atoms with Gasteiger partial charge in [-0.25, -0.2) is 9.36 Å². The van der Waals surface area contributed by atoms with Gasteiger partial charge in [0.1, 0.15) is 0 Å². The van der Waals surface area contributed by atoms with Crippen LogP contribution in [0.1, 0.15) is 31.7 Å². The summed E-state index contributed by atoms with van der Waals surface area (Å²) in [5.74, 6) is 0.361. The molecule has 3 aromatic rings. The topological polar surface area (TPSA) is 80.1 Å². The summed E-state index contributed by atoms with van der Waals surface area (Å²) in [7, 11) is 0. The number of anilines is 1. The Kier molecular flexibility index (Phi) is 7.11. The zero-order valence-corrected chi connectivity index (χ0v) is 19.6. The third-order valence-electron chi connectivity index (χ3n) is 5.84. The highest BCUT2D eigenvalue weighted by atomic mass is 35.5. The van der Waals surface area contributed by atoms with Crippen molar-refractivity contribution in [2.45, 2.75) is 38.4 Å². The van der Waals surface area contributed by atoms with Gasteiger partial charge in [-0.15, -0.1) is 0 Å². The van der Waals surface area contributed by atoms with Crippen molar-refractivity contribution >= 4 is 23.5 Å². The number of carbonyl (C=O) groups is 1. The lowest BCUT2D eigenvalue weighted by atomic mass is 10.1. The fourth-order valence-corrected chi connectivity index (χ4v) is 4.17. The number of aromatic nitrogens is 3. The number of hydrogen-bond acceptors (Lipinski definition) is 5. The molecule has 1 saturated heterocycles. The summed E-state index contributed by atoms with van der Waals surface area (Å²) < 4.78 is 40.3. The van der Waals surface area contributed by atoms with Gasteiger partial charge in [-0.3, -0.25) is 4.79 Å². The van der Waals surface area contributed by atoms with E-state index in [4.69, 9.17) is 11.6 Å². The number of amides is 1. The van der Waals surface area contributed by atoms with Crippen LogP contribution in [-0.2, 0) is 11.0 Å². The maximum atomic E-state index is 13.2. The molecule has 0 saturated carbocycles. The average Bonchev–Trinajstić information content (AvgIpc) is 2.84. The summed E-state index contributed by atoms with van der Waals surface area (Å²) in [5, 5.41) is 3.30. The lowest BCUT2D eigenvalue weighted by Crippen LogP contribution is -2.45. The normalized spacial score (nSPS) is 14.7. The number of nitrogens with zero attached hydrogens (tertiary/aromatic N) is 4. The molecule has 1 amide bonds. The minimum Gasteiger partial charge on any atom is -0.353 e. The molecule has 0 spiro atoms. The Bertz CT molecular complexity index is 1270. The van der Waals surface area contributed by atoms with Crippen molar-refractivity contribution in [2.75, 3.05) is 18.0 Å². The van der Waals surface area contributed by atoms with Crippen molar-refractivity contribution in [1.82, 2.24) is 19.9 Å². The van der Waals surface area contributed by atoms with E-state index in [2.05, 4.69) is 15.3 Å². The number of hydrogen-bond donors (Lipinski definition) is 1. The lowest BCUT2D eigenvalue weighted by Gasteiger charge is -2.32. The highest BCUT2D eigenvalue weighted by Gasteiger charge is 2.30. The predicted molar refractivity (Wildman–Crippen MR) is 127 cm³/mol. The maximum Gasteiger partial charge on any atom is 0.416 e. The average molecular weight is 506 g/mol. The van der Waals surface area contributed by atoms with Gasteiger partial charge in [-0.2, -0.15) is 23.1 Å². The summed E-state index contributed by atoms with van der Waals surface area (Å²) in [6.07, 6.45) is -2.76. The first-order valence-electron chi connectivity index (χ1n) is 11.2. The minimum atomic E-state index is -4.50. The van der Waals surface area contributed by atoms with Crippen molar-refractivity contribution in [2.24, 2.45) is 0 Å². The van der Waals surface area contributed by atoms with Gasteiger partial charge in [0.25, 0.3) is 0 Å². The molecule has 184 valence electrons. The molecule has 0 aliphatic carbocycles. The van der Waals surface area contributed by atoms with Crippen LogP contribution in [0.5, 0.6) is 0 Å². The second-order valence-electron chi connectivity index (χ2n) is 8.17. The molecule has 0 radical (unpaired) electrons. The molecular formula is C24H23ClF3N5O2. The van der Waals surface area contributed by atoms with Crippen LogP contribution in [-0.4, -0.2) is 39.6 Å². The predicted octanol–water partition coefficient (Wildman–Crippen LogP) is 4.46. The van der Waals surface area contributed by atoms with E-state index in [1.165, 1.54) is 12.1 Å². The Hall–Kier alpha value is -3.40. The Balaban J connectivity index is 1.73. The van der Waals surface area contributed by atoms with Gasteiger partial charge >= 0.3 is 11.9 Å². The van der Waals surface area contributed by atoms with Gasteiger partial charge in [-0.05, 0) is 49.2 Å². The molecular weight excluding hydrogens is 483 g/mol. The molecule has 1 fully saturated rings. The molecule has 11 heteroatoms. The van der Waals surface area contributed by atoms with Gasteiger partial charge < -0.3 is 10.2 Å². The monoisotopic (exact) mass is 505 g/mol. The number of rotatable bonds is 5. The molecule has 1 aliphatic rings. The highest BCUT2D eigenvalue weighted by Crippen LogP contribution is 2.31. The Morgan fingerprint density at radius 2 is 1.74 bits per heavy atom. The third-order valence-corrected chi connectivity index (χ3v) is 6.17. The number of carbonyl (C=O) groups excluding carboxylic acids is 1. The molecule has 1 N–H and O–H groups in total. The molecule has 1 aliphatic heterocycles. The SMILES string of the molecule is CCC(=O)NC1CCN(c2nc(-c3ccccc3Cl)n(-c3ccc(C(F)(F)F)cc3)c(=O)n2)CC1. The largest absolute Gasteiger partial charge is 0.416 e. The zero-order valence-electron chi connectivity index (χ0n) is 18.8. The summed E-state index contributed by atoms with van der Waals surface area (Å²) >= 11 is 6.40. The van der Waals surface area contributed by atoms with Crippen molar-refractivity contribution in [1.29, 1.82) is 0 Å². The summed E-state index contributed by atoms with van der Waals surface area (Å²) in [5.41, 5.74) is -0.888.